The fourth-order valence-electron chi connectivity index (χ4n) is 2.90. The highest BCUT2D eigenvalue weighted by Gasteiger charge is 2.13. The number of imidazole rings is 1. The van der Waals surface area contributed by atoms with E-state index < -0.39 is 0 Å². The highest BCUT2D eigenvalue weighted by atomic mass is 35.5. The van der Waals surface area contributed by atoms with Gasteiger partial charge >= 0.3 is 0 Å². The van der Waals surface area contributed by atoms with E-state index >= 15 is 0 Å². The fourth-order valence-corrected chi connectivity index (χ4v) is 3.92. The van der Waals surface area contributed by atoms with Crippen LogP contribution in [-0.4, -0.2) is 24.1 Å². The molecule has 1 aromatic carbocycles. The summed E-state index contributed by atoms with van der Waals surface area (Å²) in [5.41, 5.74) is 2.94. The second-order valence-corrected chi connectivity index (χ2v) is 7.68. The molecule has 0 unspecified atom stereocenters. The third kappa shape index (κ3) is 4.00. The summed E-state index contributed by atoms with van der Waals surface area (Å²) >= 11 is 7.70. The summed E-state index contributed by atoms with van der Waals surface area (Å²) in [6, 6.07) is 11.6. The van der Waals surface area contributed by atoms with Crippen LogP contribution in [-0.2, 0) is 18.9 Å². The van der Waals surface area contributed by atoms with Crippen molar-refractivity contribution in [3.63, 3.8) is 0 Å². The molecule has 0 atom stereocenters. The first kappa shape index (κ1) is 18.8. The van der Waals surface area contributed by atoms with Gasteiger partial charge in [-0.15, -0.1) is 10.2 Å². The summed E-state index contributed by atoms with van der Waals surface area (Å²) in [4.78, 5) is 4.63. The number of ether oxygens (including phenoxy) is 1. The summed E-state index contributed by atoms with van der Waals surface area (Å²) in [5, 5.41) is 10.3. The van der Waals surface area contributed by atoms with Gasteiger partial charge in [-0.2, -0.15) is 0 Å². The van der Waals surface area contributed by atoms with Crippen LogP contribution in [0.2, 0.25) is 5.02 Å². The monoisotopic (exact) mass is 413 g/mol. The Labute approximate surface area is 172 Å². The van der Waals surface area contributed by atoms with Gasteiger partial charge in [-0.3, -0.25) is 0 Å². The first-order chi connectivity index (χ1) is 13.6. The number of halogens is 1. The van der Waals surface area contributed by atoms with Gasteiger partial charge in [-0.1, -0.05) is 29.4 Å². The van der Waals surface area contributed by atoms with E-state index in [2.05, 4.69) is 26.7 Å². The van der Waals surface area contributed by atoms with Gasteiger partial charge in [-0.05, 0) is 49.7 Å². The van der Waals surface area contributed by atoms with Gasteiger partial charge in [0.05, 0.1) is 5.69 Å². The first-order valence-electron chi connectivity index (χ1n) is 9.00. The average molecular weight is 414 g/mol. The lowest BCUT2D eigenvalue weighted by molar-refractivity contribution is 0.288. The van der Waals surface area contributed by atoms with E-state index in [9.17, 15) is 0 Å². The molecule has 8 heteroatoms. The molecule has 0 radical (unpaired) electrons. The molecule has 0 aliphatic carbocycles. The zero-order valence-corrected chi connectivity index (χ0v) is 17.2. The van der Waals surface area contributed by atoms with Crippen LogP contribution < -0.4 is 4.74 Å². The fraction of sp³-hybridized carbons (Fsp3) is 0.250. The Hall–Kier alpha value is -2.51. The number of aromatic nitrogens is 5. The van der Waals surface area contributed by atoms with Gasteiger partial charge in [0.1, 0.15) is 18.0 Å². The van der Waals surface area contributed by atoms with Crippen LogP contribution in [0.4, 0.5) is 0 Å². The Morgan fingerprint density at radius 3 is 2.86 bits per heavy atom. The molecule has 0 fully saturated rings. The van der Waals surface area contributed by atoms with E-state index in [1.54, 1.807) is 11.8 Å². The van der Waals surface area contributed by atoms with Crippen LogP contribution >= 0.6 is 23.4 Å². The van der Waals surface area contributed by atoms with Crippen molar-refractivity contribution in [3.8, 4) is 5.75 Å². The Morgan fingerprint density at radius 1 is 1.18 bits per heavy atom. The topological polar surface area (TPSA) is 57.2 Å². The molecule has 3 heterocycles. The van der Waals surface area contributed by atoms with Crippen LogP contribution in [0.5, 0.6) is 5.75 Å². The minimum atomic E-state index is 0.358. The number of nitrogens with zero attached hydrogens (tertiary/aromatic N) is 5. The molecular weight excluding hydrogens is 394 g/mol. The van der Waals surface area contributed by atoms with Gasteiger partial charge in [0.2, 0.25) is 0 Å². The average Bonchev–Trinajstić information content (AvgIpc) is 3.30. The molecule has 144 valence electrons. The van der Waals surface area contributed by atoms with Gasteiger partial charge in [0.25, 0.3) is 0 Å². The highest BCUT2D eigenvalue weighted by molar-refractivity contribution is 7.98. The number of pyridine rings is 1. The molecule has 4 aromatic rings. The molecule has 0 aliphatic rings. The van der Waals surface area contributed by atoms with Crippen molar-refractivity contribution < 1.29 is 4.74 Å². The molecule has 0 saturated heterocycles. The van der Waals surface area contributed by atoms with E-state index in [1.807, 2.05) is 60.1 Å². The van der Waals surface area contributed by atoms with Crippen LogP contribution in [0.3, 0.4) is 0 Å². The number of benzene rings is 1. The smallest absolute Gasteiger partial charge is 0.191 e. The Bertz CT molecular complexity index is 1070. The number of rotatable bonds is 7. The van der Waals surface area contributed by atoms with Crippen molar-refractivity contribution in [2.75, 3.05) is 0 Å². The van der Waals surface area contributed by atoms with Crippen molar-refractivity contribution in [1.82, 2.24) is 24.1 Å². The molecule has 0 aliphatic heterocycles. The molecule has 0 amide bonds. The largest absolute Gasteiger partial charge is 0.486 e. The third-order valence-electron chi connectivity index (χ3n) is 4.37. The van der Waals surface area contributed by atoms with Crippen molar-refractivity contribution in [2.24, 2.45) is 0 Å². The quantitative estimate of drug-likeness (QED) is 0.408. The van der Waals surface area contributed by atoms with Crippen molar-refractivity contribution >= 4 is 29.0 Å². The number of hydrogen-bond acceptors (Lipinski definition) is 5. The van der Waals surface area contributed by atoms with Gasteiger partial charge in [0.15, 0.2) is 11.0 Å². The standard InChI is InChI=1S/C20H20ClN5OS/c1-3-26-19(12-27-16-7-8-17(21)14(2)10-16)23-24-20(26)28-13-15-11-25-9-5-4-6-18(25)22-15/h4-11H,3,12-13H2,1-2H3. The second-order valence-electron chi connectivity index (χ2n) is 6.33. The molecule has 28 heavy (non-hydrogen) atoms. The summed E-state index contributed by atoms with van der Waals surface area (Å²) < 4.78 is 9.97. The molecule has 4 rings (SSSR count). The first-order valence-corrected chi connectivity index (χ1v) is 10.4. The van der Waals surface area contributed by atoms with E-state index in [0.29, 0.717) is 6.61 Å². The molecule has 3 aromatic heterocycles. The van der Waals surface area contributed by atoms with Crippen molar-refractivity contribution in [1.29, 1.82) is 0 Å². The van der Waals surface area contributed by atoms with Crippen molar-refractivity contribution in [3.05, 3.63) is 70.9 Å². The molecule has 0 saturated carbocycles. The summed E-state index contributed by atoms with van der Waals surface area (Å²) in [7, 11) is 0. The lowest BCUT2D eigenvalue weighted by Crippen LogP contribution is -2.07. The lowest BCUT2D eigenvalue weighted by atomic mass is 10.2. The van der Waals surface area contributed by atoms with E-state index in [0.717, 1.165) is 51.0 Å². The molecule has 0 spiro atoms. The van der Waals surface area contributed by atoms with Crippen LogP contribution in [0, 0.1) is 6.92 Å². The van der Waals surface area contributed by atoms with Crippen LogP contribution in [0.1, 0.15) is 24.0 Å². The summed E-state index contributed by atoms with van der Waals surface area (Å²) in [6.45, 7) is 5.17. The van der Waals surface area contributed by atoms with Crippen molar-refractivity contribution in [2.45, 2.75) is 37.9 Å². The van der Waals surface area contributed by atoms with Gasteiger partial charge < -0.3 is 13.7 Å². The lowest BCUT2D eigenvalue weighted by Gasteiger charge is -2.09. The van der Waals surface area contributed by atoms with E-state index in [-0.39, 0.29) is 0 Å². The SMILES string of the molecule is CCn1c(COc2ccc(Cl)c(C)c2)nnc1SCc1cn2ccccc2n1. The highest BCUT2D eigenvalue weighted by Crippen LogP contribution is 2.24. The third-order valence-corrected chi connectivity index (χ3v) is 5.79. The maximum Gasteiger partial charge on any atom is 0.191 e. The minimum Gasteiger partial charge on any atom is -0.486 e. The van der Waals surface area contributed by atoms with Gasteiger partial charge in [-0.25, -0.2) is 4.98 Å². The zero-order valence-electron chi connectivity index (χ0n) is 15.7. The number of hydrogen-bond donors (Lipinski definition) is 0. The number of aryl methyl sites for hydroxylation is 1. The molecule has 6 nitrogen and oxygen atoms in total. The normalized spacial score (nSPS) is 11.2. The van der Waals surface area contributed by atoms with Gasteiger partial charge in [0, 0.05) is 29.7 Å². The molecule has 0 N–H and O–H groups in total. The number of fused-ring (bicyclic) bond motifs is 1. The molecule has 0 bridgehead atoms. The van der Waals surface area contributed by atoms with E-state index in [4.69, 9.17) is 16.3 Å². The minimum absolute atomic E-state index is 0.358. The number of thioether (sulfide) groups is 1. The Morgan fingerprint density at radius 2 is 2.07 bits per heavy atom. The molecular formula is C20H20ClN5OS. The second kappa shape index (κ2) is 8.24. The zero-order chi connectivity index (χ0) is 19.5. The summed E-state index contributed by atoms with van der Waals surface area (Å²) in [6.07, 6.45) is 4.04. The van der Waals surface area contributed by atoms with Crippen LogP contribution in [0.15, 0.2) is 53.9 Å². The Kier molecular flexibility index (Phi) is 5.54. The van der Waals surface area contributed by atoms with E-state index in [1.165, 1.54) is 0 Å². The maximum absolute atomic E-state index is 6.07. The summed E-state index contributed by atoms with van der Waals surface area (Å²) in [5.74, 6) is 2.30. The maximum atomic E-state index is 6.07. The Balaban J connectivity index is 1.43. The predicted molar refractivity (Wildman–Crippen MR) is 111 cm³/mol. The van der Waals surface area contributed by atoms with Crippen LogP contribution in [0.25, 0.3) is 5.65 Å². The predicted octanol–water partition coefficient (Wildman–Crippen LogP) is 4.78.